The van der Waals surface area contributed by atoms with E-state index in [0.29, 0.717) is 18.8 Å². The van der Waals surface area contributed by atoms with Gasteiger partial charge in [-0.2, -0.15) is 5.26 Å². The first-order valence-corrected chi connectivity index (χ1v) is 7.69. The fraction of sp³-hybridized carbons (Fsp3) is 0.111. The van der Waals surface area contributed by atoms with E-state index in [1.54, 1.807) is 12.1 Å². The summed E-state index contributed by atoms with van der Waals surface area (Å²) < 4.78 is 0. The van der Waals surface area contributed by atoms with Crippen LogP contribution in [0.15, 0.2) is 54.6 Å². The number of nitriles is 1. The Morgan fingerprint density at radius 1 is 1.08 bits per heavy atom. The third kappa shape index (κ3) is 3.82. The maximum Gasteiger partial charge on any atom is 0.293 e. The predicted octanol–water partition coefficient (Wildman–Crippen LogP) is 3.54. The standard InChI is InChI=1S/C18H15N5O2/c19-12-13-5-7-16(17(11-13)23(24)25)20-9-10-21-18-8-6-14-3-1-2-4-15(14)22-18/h1-8,11,20H,9-10H2,(H,21,22). The van der Waals surface area contributed by atoms with E-state index in [1.807, 2.05) is 42.5 Å². The molecular weight excluding hydrogens is 318 g/mol. The van der Waals surface area contributed by atoms with Crippen LogP contribution >= 0.6 is 0 Å². The zero-order chi connectivity index (χ0) is 17.6. The normalized spacial score (nSPS) is 10.2. The number of nitrogens with zero attached hydrogens (tertiary/aromatic N) is 3. The number of nitrogens with one attached hydrogen (secondary N) is 2. The summed E-state index contributed by atoms with van der Waals surface area (Å²) in [5, 5.41) is 27.2. The molecule has 0 amide bonds. The van der Waals surface area contributed by atoms with Crippen LogP contribution in [-0.4, -0.2) is 23.0 Å². The summed E-state index contributed by atoms with van der Waals surface area (Å²) in [6.07, 6.45) is 0. The van der Waals surface area contributed by atoms with Crippen molar-refractivity contribution < 1.29 is 4.92 Å². The molecular formula is C18H15N5O2. The van der Waals surface area contributed by atoms with Crippen LogP contribution in [0, 0.1) is 21.4 Å². The highest BCUT2D eigenvalue weighted by Crippen LogP contribution is 2.25. The smallest absolute Gasteiger partial charge is 0.293 e. The quantitative estimate of drug-likeness (QED) is 0.406. The van der Waals surface area contributed by atoms with Crippen LogP contribution in [0.3, 0.4) is 0 Å². The molecule has 7 heteroatoms. The Bertz CT molecular complexity index is 965. The van der Waals surface area contributed by atoms with Crippen molar-refractivity contribution >= 4 is 28.1 Å². The minimum absolute atomic E-state index is 0.108. The van der Waals surface area contributed by atoms with Crippen LogP contribution in [0.5, 0.6) is 0 Å². The van der Waals surface area contributed by atoms with Gasteiger partial charge in [0.25, 0.3) is 5.69 Å². The van der Waals surface area contributed by atoms with E-state index in [4.69, 9.17) is 5.26 Å². The van der Waals surface area contributed by atoms with Gasteiger partial charge in [0.15, 0.2) is 0 Å². The molecule has 7 nitrogen and oxygen atoms in total. The van der Waals surface area contributed by atoms with Crippen molar-refractivity contribution in [2.45, 2.75) is 0 Å². The number of aromatic nitrogens is 1. The number of hydrogen-bond donors (Lipinski definition) is 2. The average molecular weight is 333 g/mol. The molecule has 2 aromatic carbocycles. The van der Waals surface area contributed by atoms with Gasteiger partial charge in [0, 0.05) is 24.5 Å². The maximum absolute atomic E-state index is 11.1. The second kappa shape index (κ2) is 7.27. The molecule has 25 heavy (non-hydrogen) atoms. The number of anilines is 2. The first kappa shape index (κ1) is 16.2. The molecule has 0 aliphatic heterocycles. The number of nitro groups is 1. The second-order valence-electron chi connectivity index (χ2n) is 5.34. The summed E-state index contributed by atoms with van der Waals surface area (Å²) in [5.41, 5.74) is 1.44. The summed E-state index contributed by atoms with van der Waals surface area (Å²) in [5.74, 6) is 0.745. The fourth-order valence-electron chi connectivity index (χ4n) is 2.45. The molecule has 1 heterocycles. The molecule has 1 aromatic heterocycles. The second-order valence-corrected chi connectivity index (χ2v) is 5.34. The molecule has 0 radical (unpaired) electrons. The molecule has 0 saturated carbocycles. The Balaban J connectivity index is 1.61. The van der Waals surface area contributed by atoms with Crippen molar-refractivity contribution in [1.82, 2.24) is 4.98 Å². The van der Waals surface area contributed by atoms with Crippen molar-refractivity contribution in [3.63, 3.8) is 0 Å². The van der Waals surface area contributed by atoms with E-state index >= 15 is 0 Å². The minimum atomic E-state index is -0.499. The topological polar surface area (TPSA) is 104 Å². The lowest BCUT2D eigenvalue weighted by atomic mass is 10.2. The van der Waals surface area contributed by atoms with E-state index in [-0.39, 0.29) is 11.3 Å². The first-order valence-electron chi connectivity index (χ1n) is 7.69. The molecule has 3 aromatic rings. The average Bonchev–Trinajstić information content (AvgIpc) is 2.65. The Labute approximate surface area is 144 Å². The van der Waals surface area contributed by atoms with Gasteiger partial charge in [0.2, 0.25) is 0 Å². The number of para-hydroxylation sites is 1. The molecule has 3 rings (SSSR count). The molecule has 124 valence electrons. The number of pyridine rings is 1. The molecule has 0 atom stereocenters. The van der Waals surface area contributed by atoms with Gasteiger partial charge in [-0.25, -0.2) is 4.98 Å². The number of fused-ring (bicyclic) bond motifs is 1. The summed E-state index contributed by atoms with van der Waals surface area (Å²) in [6.45, 7) is 1.02. The Kier molecular flexibility index (Phi) is 4.72. The van der Waals surface area contributed by atoms with Gasteiger partial charge in [0.05, 0.1) is 22.1 Å². The maximum atomic E-state index is 11.1. The SMILES string of the molecule is N#Cc1ccc(NCCNc2ccc3ccccc3n2)c([N+](=O)[O-])c1. The van der Waals surface area contributed by atoms with Crippen LogP contribution in [0.4, 0.5) is 17.2 Å². The van der Waals surface area contributed by atoms with Gasteiger partial charge in [-0.05, 0) is 30.3 Å². The van der Waals surface area contributed by atoms with Gasteiger partial charge in [-0.3, -0.25) is 10.1 Å². The van der Waals surface area contributed by atoms with Crippen molar-refractivity contribution in [3.8, 4) is 6.07 Å². The monoisotopic (exact) mass is 333 g/mol. The molecule has 2 N–H and O–H groups in total. The van der Waals surface area contributed by atoms with Crippen molar-refractivity contribution in [3.05, 3.63) is 70.3 Å². The van der Waals surface area contributed by atoms with Gasteiger partial charge >= 0.3 is 0 Å². The highest BCUT2D eigenvalue weighted by Gasteiger charge is 2.14. The van der Waals surface area contributed by atoms with Crippen LogP contribution in [0.1, 0.15) is 5.56 Å². The van der Waals surface area contributed by atoms with Crippen LogP contribution in [-0.2, 0) is 0 Å². The molecule has 0 saturated heterocycles. The highest BCUT2D eigenvalue weighted by molar-refractivity contribution is 5.80. The third-order valence-corrected chi connectivity index (χ3v) is 3.67. The van der Waals surface area contributed by atoms with Crippen molar-refractivity contribution in [2.24, 2.45) is 0 Å². The van der Waals surface area contributed by atoms with Crippen LogP contribution in [0.25, 0.3) is 10.9 Å². The predicted molar refractivity (Wildman–Crippen MR) is 96.5 cm³/mol. The molecule has 0 bridgehead atoms. The third-order valence-electron chi connectivity index (χ3n) is 3.67. The Hall–Kier alpha value is -3.66. The Morgan fingerprint density at radius 2 is 1.88 bits per heavy atom. The lowest BCUT2D eigenvalue weighted by molar-refractivity contribution is -0.384. The van der Waals surface area contributed by atoms with Crippen LogP contribution in [0.2, 0.25) is 0 Å². The molecule has 0 aliphatic rings. The van der Waals surface area contributed by atoms with E-state index in [0.717, 1.165) is 16.7 Å². The van der Waals surface area contributed by atoms with E-state index in [1.165, 1.54) is 6.07 Å². The minimum Gasteiger partial charge on any atom is -0.378 e. The lowest BCUT2D eigenvalue weighted by Crippen LogP contribution is -2.15. The summed E-state index contributed by atoms with van der Waals surface area (Å²) in [4.78, 5) is 15.1. The summed E-state index contributed by atoms with van der Waals surface area (Å²) in [6, 6.07) is 18.0. The first-order chi connectivity index (χ1) is 12.2. The molecule has 0 spiro atoms. The van der Waals surface area contributed by atoms with Gasteiger partial charge in [0.1, 0.15) is 11.5 Å². The zero-order valence-corrected chi connectivity index (χ0v) is 13.3. The molecule has 0 fully saturated rings. The number of benzene rings is 2. The van der Waals surface area contributed by atoms with E-state index < -0.39 is 4.92 Å². The van der Waals surface area contributed by atoms with Gasteiger partial charge < -0.3 is 10.6 Å². The largest absolute Gasteiger partial charge is 0.378 e. The number of rotatable bonds is 6. The number of nitro benzene ring substituents is 1. The molecule has 0 unspecified atom stereocenters. The lowest BCUT2D eigenvalue weighted by Gasteiger charge is -2.09. The van der Waals surface area contributed by atoms with E-state index in [2.05, 4.69) is 15.6 Å². The van der Waals surface area contributed by atoms with Crippen LogP contribution < -0.4 is 10.6 Å². The molecule has 0 aliphatic carbocycles. The van der Waals surface area contributed by atoms with Gasteiger partial charge in [-0.1, -0.05) is 18.2 Å². The summed E-state index contributed by atoms with van der Waals surface area (Å²) >= 11 is 0. The Morgan fingerprint density at radius 3 is 2.68 bits per heavy atom. The summed E-state index contributed by atoms with van der Waals surface area (Å²) in [7, 11) is 0. The van der Waals surface area contributed by atoms with Gasteiger partial charge in [-0.15, -0.1) is 0 Å². The van der Waals surface area contributed by atoms with Crippen molar-refractivity contribution in [2.75, 3.05) is 23.7 Å². The van der Waals surface area contributed by atoms with Crippen molar-refractivity contribution in [1.29, 1.82) is 5.26 Å². The van der Waals surface area contributed by atoms with E-state index in [9.17, 15) is 10.1 Å². The highest BCUT2D eigenvalue weighted by atomic mass is 16.6. The zero-order valence-electron chi connectivity index (χ0n) is 13.3. The fourth-order valence-corrected chi connectivity index (χ4v) is 2.45. The number of hydrogen-bond acceptors (Lipinski definition) is 6.